The minimum Gasteiger partial charge on any atom is -0.371 e. The summed E-state index contributed by atoms with van der Waals surface area (Å²) in [5.41, 5.74) is 3.77. The minimum atomic E-state index is -4.59. The molecule has 1 saturated heterocycles. The molecule has 0 aliphatic carbocycles. The summed E-state index contributed by atoms with van der Waals surface area (Å²) >= 11 is 0. The van der Waals surface area contributed by atoms with Crippen LogP contribution in [0.5, 0.6) is 0 Å². The molecule has 0 amide bonds. The van der Waals surface area contributed by atoms with E-state index in [1.54, 1.807) is 19.2 Å². The van der Waals surface area contributed by atoms with Crippen LogP contribution in [-0.4, -0.2) is 42.4 Å². The Morgan fingerprint density at radius 3 is 2.58 bits per heavy atom. The van der Waals surface area contributed by atoms with Gasteiger partial charge >= 0.3 is 6.18 Å². The first-order valence-electron chi connectivity index (χ1n) is 13.2. The molecule has 0 atom stereocenters. The van der Waals surface area contributed by atoms with Gasteiger partial charge in [-0.2, -0.15) is 18.3 Å². The van der Waals surface area contributed by atoms with Gasteiger partial charge in [0.1, 0.15) is 5.52 Å². The normalized spacial score (nSPS) is 14.9. The van der Waals surface area contributed by atoms with Crippen molar-refractivity contribution in [1.29, 1.82) is 0 Å². The number of halogens is 3. The largest absolute Gasteiger partial charge is 0.418 e. The van der Waals surface area contributed by atoms with Gasteiger partial charge in [0.25, 0.3) is 5.56 Å². The second-order valence-electron chi connectivity index (χ2n) is 10.4. The van der Waals surface area contributed by atoms with Crippen molar-refractivity contribution in [3.05, 3.63) is 87.4 Å². The van der Waals surface area contributed by atoms with Gasteiger partial charge in [-0.3, -0.25) is 24.0 Å². The number of aryl methyl sites for hydroxylation is 3. The molecule has 0 N–H and O–H groups in total. The molecule has 1 aromatic carbocycles. The average Bonchev–Trinajstić information content (AvgIpc) is 3.30. The maximum atomic E-state index is 13.9. The molecule has 1 fully saturated rings. The fourth-order valence-corrected chi connectivity index (χ4v) is 5.80. The summed E-state index contributed by atoms with van der Waals surface area (Å²) in [6.45, 7) is 4.93. The summed E-state index contributed by atoms with van der Waals surface area (Å²) in [6.07, 6.45) is 1.63. The number of benzene rings is 1. The smallest absolute Gasteiger partial charge is 0.371 e. The van der Waals surface area contributed by atoms with E-state index in [9.17, 15) is 18.0 Å². The molecule has 5 aromatic rings. The number of pyridine rings is 2. The van der Waals surface area contributed by atoms with Crippen molar-refractivity contribution in [3.8, 4) is 0 Å². The highest BCUT2D eigenvalue weighted by atomic mass is 19.4. The quantitative estimate of drug-likeness (QED) is 0.310. The summed E-state index contributed by atoms with van der Waals surface area (Å²) < 4.78 is 44.4. The predicted octanol–water partition coefficient (Wildman–Crippen LogP) is 5.14. The Kier molecular flexibility index (Phi) is 6.31. The highest BCUT2D eigenvalue weighted by Crippen LogP contribution is 2.36. The number of nitrogens with zero attached hydrogens (tertiary/aromatic N) is 7. The lowest BCUT2D eigenvalue weighted by Crippen LogP contribution is -2.36. The van der Waals surface area contributed by atoms with Crippen LogP contribution in [0.25, 0.3) is 22.1 Å². The molecule has 0 radical (unpaired) electrons. The molecular formula is C29H28F3N7O. The molecule has 1 aliphatic rings. The molecule has 5 heterocycles. The number of fused-ring (bicyclic) bond motifs is 2. The number of piperidine rings is 1. The first kappa shape index (κ1) is 26.0. The standard InChI is InChI=1S/C29H28F3N7O/c1-17-6-7-25-21(15-35-37(25)3)26(17)38-11-8-19(9-12-38)20-13-23-27(36-18(2)14-34-23)39(28(20)40)16-24-22(29(30,31)32)5-4-10-33-24/h4-7,10,13-15,19H,8-9,11-12,16H2,1-3H3. The Morgan fingerprint density at radius 2 is 1.82 bits per heavy atom. The van der Waals surface area contributed by atoms with Gasteiger partial charge in [-0.15, -0.1) is 0 Å². The lowest BCUT2D eigenvalue weighted by atomic mass is 9.89. The maximum Gasteiger partial charge on any atom is 0.418 e. The van der Waals surface area contributed by atoms with Crippen LogP contribution in [0.15, 0.2) is 53.7 Å². The number of anilines is 1. The predicted molar refractivity (Wildman–Crippen MR) is 147 cm³/mol. The number of hydrogen-bond acceptors (Lipinski definition) is 6. The van der Waals surface area contributed by atoms with E-state index in [0.717, 1.165) is 41.3 Å². The van der Waals surface area contributed by atoms with Crippen molar-refractivity contribution in [3.63, 3.8) is 0 Å². The Morgan fingerprint density at radius 1 is 1.05 bits per heavy atom. The SMILES string of the molecule is Cc1cnc2cc(C3CCN(c4c(C)ccc5c4cnn5C)CC3)c(=O)n(Cc3ncccc3C(F)(F)F)c2n1. The monoisotopic (exact) mass is 547 g/mol. The molecule has 40 heavy (non-hydrogen) atoms. The summed E-state index contributed by atoms with van der Waals surface area (Å²) in [6, 6.07) is 8.16. The topological polar surface area (TPSA) is 81.7 Å². The van der Waals surface area contributed by atoms with Crippen LogP contribution in [-0.2, 0) is 19.8 Å². The van der Waals surface area contributed by atoms with Crippen LogP contribution < -0.4 is 10.5 Å². The zero-order valence-corrected chi connectivity index (χ0v) is 22.4. The van der Waals surface area contributed by atoms with Gasteiger partial charge in [-0.1, -0.05) is 6.07 Å². The first-order valence-corrected chi connectivity index (χ1v) is 13.2. The van der Waals surface area contributed by atoms with Gasteiger partial charge in [0, 0.05) is 43.5 Å². The number of alkyl halides is 3. The molecule has 6 rings (SSSR count). The van der Waals surface area contributed by atoms with Gasteiger partial charge in [0.05, 0.1) is 40.9 Å². The third-order valence-electron chi connectivity index (χ3n) is 7.80. The van der Waals surface area contributed by atoms with Gasteiger partial charge in [0.2, 0.25) is 0 Å². The van der Waals surface area contributed by atoms with Gasteiger partial charge in [-0.25, -0.2) is 4.98 Å². The molecular weight excluding hydrogens is 519 g/mol. The van der Waals surface area contributed by atoms with Crippen LogP contribution >= 0.6 is 0 Å². The van der Waals surface area contributed by atoms with E-state index in [2.05, 4.69) is 44.0 Å². The summed E-state index contributed by atoms with van der Waals surface area (Å²) in [5, 5.41) is 5.52. The highest BCUT2D eigenvalue weighted by Gasteiger charge is 2.34. The number of hydrogen-bond donors (Lipinski definition) is 0. The van der Waals surface area contributed by atoms with Crippen molar-refractivity contribution in [2.24, 2.45) is 7.05 Å². The number of rotatable bonds is 4. The Balaban J connectivity index is 1.37. The molecule has 11 heteroatoms. The fourth-order valence-electron chi connectivity index (χ4n) is 5.80. The van der Waals surface area contributed by atoms with Crippen LogP contribution in [0.1, 0.15) is 46.8 Å². The van der Waals surface area contributed by atoms with Crippen molar-refractivity contribution < 1.29 is 13.2 Å². The van der Waals surface area contributed by atoms with E-state index in [-0.39, 0.29) is 29.4 Å². The zero-order chi connectivity index (χ0) is 28.2. The van der Waals surface area contributed by atoms with Crippen LogP contribution in [0.3, 0.4) is 0 Å². The maximum absolute atomic E-state index is 13.9. The highest BCUT2D eigenvalue weighted by molar-refractivity contribution is 5.93. The van der Waals surface area contributed by atoms with E-state index in [1.165, 1.54) is 16.8 Å². The average molecular weight is 548 g/mol. The van der Waals surface area contributed by atoms with Crippen molar-refractivity contribution in [1.82, 2.24) is 29.3 Å². The number of aromatic nitrogens is 6. The molecule has 4 aromatic heterocycles. The van der Waals surface area contributed by atoms with Crippen LogP contribution in [0.2, 0.25) is 0 Å². The van der Waals surface area contributed by atoms with Crippen molar-refractivity contribution in [2.45, 2.75) is 45.3 Å². The third kappa shape index (κ3) is 4.48. The van der Waals surface area contributed by atoms with E-state index < -0.39 is 11.7 Å². The summed E-state index contributed by atoms with van der Waals surface area (Å²) in [4.78, 5) is 29.2. The second kappa shape index (κ2) is 9.72. The van der Waals surface area contributed by atoms with E-state index in [1.807, 2.05) is 17.9 Å². The Labute approximate surface area is 228 Å². The van der Waals surface area contributed by atoms with Gasteiger partial charge in [0.15, 0.2) is 5.65 Å². The minimum absolute atomic E-state index is 0.0678. The molecule has 8 nitrogen and oxygen atoms in total. The lowest BCUT2D eigenvalue weighted by molar-refractivity contribution is -0.138. The van der Waals surface area contributed by atoms with Gasteiger partial charge < -0.3 is 4.90 Å². The molecule has 206 valence electrons. The molecule has 0 saturated carbocycles. The van der Waals surface area contributed by atoms with E-state index in [0.29, 0.717) is 29.6 Å². The van der Waals surface area contributed by atoms with Crippen LogP contribution in [0, 0.1) is 13.8 Å². The second-order valence-corrected chi connectivity index (χ2v) is 10.4. The van der Waals surface area contributed by atoms with Gasteiger partial charge in [-0.05, 0) is 62.4 Å². The summed E-state index contributed by atoms with van der Waals surface area (Å²) in [5.74, 6) is -0.0678. The van der Waals surface area contributed by atoms with Crippen molar-refractivity contribution in [2.75, 3.05) is 18.0 Å². The van der Waals surface area contributed by atoms with Crippen LogP contribution in [0.4, 0.5) is 18.9 Å². The van der Waals surface area contributed by atoms with Crippen molar-refractivity contribution >= 4 is 27.8 Å². The molecule has 0 spiro atoms. The molecule has 0 bridgehead atoms. The van der Waals surface area contributed by atoms with E-state index >= 15 is 0 Å². The zero-order valence-electron chi connectivity index (χ0n) is 22.4. The molecule has 1 aliphatic heterocycles. The molecule has 0 unspecified atom stereocenters. The first-order chi connectivity index (χ1) is 19.1. The fraction of sp³-hybridized carbons (Fsp3) is 0.345. The third-order valence-corrected chi connectivity index (χ3v) is 7.80. The van der Waals surface area contributed by atoms with E-state index in [4.69, 9.17) is 0 Å². The Hall–Kier alpha value is -4.28. The lowest BCUT2D eigenvalue weighted by Gasteiger charge is -2.35. The summed E-state index contributed by atoms with van der Waals surface area (Å²) in [7, 11) is 1.92. The Bertz CT molecular complexity index is 1800.